The summed E-state index contributed by atoms with van der Waals surface area (Å²) in [6.07, 6.45) is -2.72. The lowest BCUT2D eigenvalue weighted by atomic mass is 10.2. The van der Waals surface area contributed by atoms with Crippen LogP contribution in [0, 0.1) is 0 Å². The molecule has 0 bridgehead atoms. The van der Waals surface area contributed by atoms with Gasteiger partial charge in [0.1, 0.15) is 10.7 Å². The smallest absolute Gasteiger partial charge is 0.271 e. The zero-order chi connectivity index (χ0) is 10.0. The van der Waals surface area contributed by atoms with E-state index in [9.17, 15) is 8.78 Å². The Morgan fingerprint density at radius 3 is 2.69 bits per heavy atom. The maximum absolute atomic E-state index is 12.4. The van der Waals surface area contributed by atoms with Crippen LogP contribution in [0.2, 0.25) is 5.15 Å². The van der Waals surface area contributed by atoms with Gasteiger partial charge in [-0.1, -0.05) is 11.6 Å². The van der Waals surface area contributed by atoms with E-state index in [1.54, 1.807) is 0 Å². The summed E-state index contributed by atoms with van der Waals surface area (Å²) in [5.41, 5.74) is 4.77. The molecule has 1 rings (SSSR count). The molecule has 3 nitrogen and oxygen atoms in total. The standard InChI is InChI=1S/C7H7ClF2N2O/c1-13-7-5(6(9)10)3(11)2-4(8)12-7/h2,6H,1H3,(H2,11,12). The van der Waals surface area contributed by atoms with E-state index in [1.165, 1.54) is 7.11 Å². The van der Waals surface area contributed by atoms with Gasteiger partial charge in [0.05, 0.1) is 7.11 Å². The predicted molar refractivity (Wildman–Crippen MR) is 45.2 cm³/mol. The van der Waals surface area contributed by atoms with Gasteiger partial charge in [-0.15, -0.1) is 0 Å². The van der Waals surface area contributed by atoms with Crippen LogP contribution in [0.1, 0.15) is 12.0 Å². The van der Waals surface area contributed by atoms with Gasteiger partial charge in [0.15, 0.2) is 0 Å². The number of methoxy groups -OCH3 is 1. The van der Waals surface area contributed by atoms with Crippen LogP contribution >= 0.6 is 11.6 Å². The van der Waals surface area contributed by atoms with Crippen LogP contribution in [-0.2, 0) is 0 Å². The highest BCUT2D eigenvalue weighted by molar-refractivity contribution is 6.29. The molecule has 72 valence electrons. The summed E-state index contributed by atoms with van der Waals surface area (Å²) in [5.74, 6) is -0.236. The molecule has 1 heterocycles. The second-order valence-corrected chi connectivity index (χ2v) is 2.65. The molecule has 0 aromatic carbocycles. The van der Waals surface area contributed by atoms with Gasteiger partial charge >= 0.3 is 0 Å². The van der Waals surface area contributed by atoms with E-state index in [0.29, 0.717) is 0 Å². The number of alkyl halides is 2. The summed E-state index contributed by atoms with van der Waals surface area (Å²) < 4.78 is 29.3. The summed E-state index contributed by atoms with van der Waals surface area (Å²) in [6.45, 7) is 0. The number of anilines is 1. The highest BCUT2D eigenvalue weighted by Gasteiger charge is 2.19. The molecule has 0 aliphatic carbocycles. The van der Waals surface area contributed by atoms with Crippen LogP contribution in [-0.4, -0.2) is 12.1 Å². The predicted octanol–water partition coefficient (Wildman–Crippen LogP) is 2.26. The minimum atomic E-state index is -2.72. The normalized spacial score (nSPS) is 10.5. The quantitative estimate of drug-likeness (QED) is 0.759. The average Bonchev–Trinajstić information content (AvgIpc) is 2.01. The fourth-order valence-corrected chi connectivity index (χ4v) is 1.09. The first-order valence-corrected chi connectivity index (χ1v) is 3.72. The summed E-state index contributed by atoms with van der Waals surface area (Å²) in [6, 6.07) is 1.16. The van der Waals surface area contributed by atoms with Gasteiger partial charge in [-0.3, -0.25) is 0 Å². The lowest BCUT2D eigenvalue weighted by molar-refractivity contribution is 0.147. The molecule has 0 saturated heterocycles. The first kappa shape index (κ1) is 9.98. The van der Waals surface area contributed by atoms with Gasteiger partial charge in [0.25, 0.3) is 6.43 Å². The minimum absolute atomic E-state index is 0.0266. The Bertz CT molecular complexity index is 320. The maximum Gasteiger partial charge on any atom is 0.271 e. The molecule has 6 heteroatoms. The van der Waals surface area contributed by atoms with Gasteiger partial charge in [-0.25, -0.2) is 13.8 Å². The Kier molecular flexibility index (Phi) is 2.87. The SMILES string of the molecule is COc1nc(Cl)cc(N)c1C(F)F. The Hall–Kier alpha value is -1.10. The molecule has 0 saturated carbocycles. The van der Waals surface area contributed by atoms with E-state index < -0.39 is 12.0 Å². The van der Waals surface area contributed by atoms with E-state index >= 15 is 0 Å². The summed E-state index contributed by atoms with van der Waals surface area (Å²) >= 11 is 5.49. The first-order chi connectivity index (χ1) is 6.06. The number of rotatable bonds is 2. The zero-order valence-corrected chi connectivity index (χ0v) is 7.48. The maximum atomic E-state index is 12.4. The van der Waals surface area contributed by atoms with E-state index in [2.05, 4.69) is 9.72 Å². The number of halogens is 3. The number of nitrogens with zero attached hydrogens (tertiary/aromatic N) is 1. The number of nitrogens with two attached hydrogens (primary N) is 1. The highest BCUT2D eigenvalue weighted by atomic mass is 35.5. The van der Waals surface area contributed by atoms with E-state index in [1.807, 2.05) is 0 Å². The lowest BCUT2D eigenvalue weighted by Crippen LogP contribution is -2.01. The largest absolute Gasteiger partial charge is 0.481 e. The van der Waals surface area contributed by atoms with Crippen LogP contribution in [0.25, 0.3) is 0 Å². The van der Waals surface area contributed by atoms with Crippen molar-refractivity contribution >= 4 is 17.3 Å². The number of aromatic nitrogens is 1. The fourth-order valence-electron chi connectivity index (χ4n) is 0.894. The van der Waals surface area contributed by atoms with Crippen LogP contribution < -0.4 is 10.5 Å². The molecular formula is C7H7ClF2N2O. The summed E-state index contributed by atoms with van der Waals surface area (Å²) in [7, 11) is 1.23. The molecule has 0 unspecified atom stereocenters. The van der Waals surface area contributed by atoms with E-state index in [-0.39, 0.29) is 16.7 Å². The van der Waals surface area contributed by atoms with Gasteiger partial charge in [-0.05, 0) is 6.07 Å². The molecule has 1 aromatic rings. The van der Waals surface area contributed by atoms with E-state index in [0.717, 1.165) is 6.07 Å². The lowest BCUT2D eigenvalue weighted by Gasteiger charge is -2.09. The molecule has 0 spiro atoms. The Morgan fingerprint density at radius 1 is 1.62 bits per heavy atom. The van der Waals surface area contributed by atoms with Gasteiger partial charge < -0.3 is 10.5 Å². The van der Waals surface area contributed by atoms with Gasteiger partial charge in [0.2, 0.25) is 5.88 Å². The molecular weight excluding hydrogens is 202 g/mol. The topological polar surface area (TPSA) is 48.1 Å². The van der Waals surface area contributed by atoms with Crippen molar-refractivity contribution in [3.8, 4) is 5.88 Å². The van der Waals surface area contributed by atoms with Gasteiger partial charge in [-0.2, -0.15) is 0 Å². The van der Waals surface area contributed by atoms with Crippen molar-refractivity contribution in [3.05, 3.63) is 16.8 Å². The van der Waals surface area contributed by atoms with Crippen molar-refractivity contribution in [1.29, 1.82) is 0 Å². The van der Waals surface area contributed by atoms with Crippen LogP contribution in [0.5, 0.6) is 5.88 Å². The molecule has 2 N–H and O–H groups in total. The molecule has 0 atom stereocenters. The van der Waals surface area contributed by atoms with Crippen molar-refractivity contribution in [1.82, 2.24) is 4.98 Å². The minimum Gasteiger partial charge on any atom is -0.481 e. The third kappa shape index (κ3) is 1.98. The number of pyridine rings is 1. The first-order valence-electron chi connectivity index (χ1n) is 3.34. The highest BCUT2D eigenvalue weighted by Crippen LogP contribution is 2.33. The molecule has 0 amide bonds. The Morgan fingerprint density at radius 2 is 2.23 bits per heavy atom. The Balaban J connectivity index is 3.30. The number of hydrogen-bond donors (Lipinski definition) is 1. The monoisotopic (exact) mass is 208 g/mol. The van der Waals surface area contributed by atoms with Gasteiger partial charge in [0, 0.05) is 5.69 Å². The zero-order valence-electron chi connectivity index (χ0n) is 6.72. The second kappa shape index (κ2) is 3.74. The van der Waals surface area contributed by atoms with Crippen molar-refractivity contribution in [2.75, 3.05) is 12.8 Å². The van der Waals surface area contributed by atoms with Crippen LogP contribution in [0.15, 0.2) is 6.07 Å². The third-order valence-electron chi connectivity index (χ3n) is 1.44. The molecule has 1 aromatic heterocycles. The number of hydrogen-bond acceptors (Lipinski definition) is 3. The van der Waals surface area contributed by atoms with E-state index in [4.69, 9.17) is 17.3 Å². The Labute approximate surface area is 78.5 Å². The van der Waals surface area contributed by atoms with Crippen LogP contribution in [0.3, 0.4) is 0 Å². The molecule has 0 aliphatic rings. The summed E-state index contributed by atoms with van der Waals surface area (Å²) in [4.78, 5) is 3.56. The van der Waals surface area contributed by atoms with Crippen molar-refractivity contribution in [2.24, 2.45) is 0 Å². The molecule has 0 aliphatic heterocycles. The van der Waals surface area contributed by atoms with Crippen molar-refractivity contribution < 1.29 is 13.5 Å². The third-order valence-corrected chi connectivity index (χ3v) is 1.63. The fraction of sp³-hybridized carbons (Fsp3) is 0.286. The van der Waals surface area contributed by atoms with Crippen LogP contribution in [0.4, 0.5) is 14.5 Å². The second-order valence-electron chi connectivity index (χ2n) is 2.26. The number of ether oxygens (including phenoxy) is 1. The molecule has 13 heavy (non-hydrogen) atoms. The molecule has 0 fully saturated rings. The summed E-state index contributed by atoms with van der Waals surface area (Å²) in [5, 5.41) is 0.0266. The van der Waals surface area contributed by atoms with Crippen molar-refractivity contribution in [3.63, 3.8) is 0 Å². The number of nitrogen functional groups attached to an aromatic ring is 1. The molecule has 0 radical (unpaired) electrons. The average molecular weight is 209 g/mol. The van der Waals surface area contributed by atoms with Crippen molar-refractivity contribution in [2.45, 2.75) is 6.43 Å².